The molecule has 168 valence electrons. The summed E-state index contributed by atoms with van der Waals surface area (Å²) in [6.07, 6.45) is 6.71. The molecule has 8 heteroatoms. The smallest absolute Gasteiger partial charge is 0.272 e. The van der Waals surface area contributed by atoms with Gasteiger partial charge in [-0.15, -0.1) is 0 Å². The Kier molecular flexibility index (Phi) is 5.55. The van der Waals surface area contributed by atoms with Crippen LogP contribution in [-0.2, 0) is 0 Å². The molecule has 0 radical (unpaired) electrons. The Labute approximate surface area is 185 Å². The van der Waals surface area contributed by atoms with Gasteiger partial charge in [-0.2, -0.15) is 0 Å². The van der Waals surface area contributed by atoms with E-state index >= 15 is 0 Å². The van der Waals surface area contributed by atoms with Crippen molar-refractivity contribution < 1.29 is 18.7 Å². The number of aliphatic hydroxyl groups is 1. The van der Waals surface area contributed by atoms with Gasteiger partial charge in [0.25, 0.3) is 5.91 Å². The molecule has 4 heterocycles. The Balaban J connectivity index is 1.47. The number of imidazole rings is 1. The number of likely N-dealkylation sites (tertiary alicyclic amines) is 1. The van der Waals surface area contributed by atoms with E-state index in [0.29, 0.717) is 49.4 Å². The Hall–Kier alpha value is -3.00. The summed E-state index contributed by atoms with van der Waals surface area (Å²) < 4.78 is 30.1. The molecular formula is C24H26F2N4O2. The van der Waals surface area contributed by atoms with Crippen LogP contribution in [0.25, 0.3) is 5.65 Å². The topological polar surface area (TPSA) is 61.1 Å². The van der Waals surface area contributed by atoms with Crippen molar-refractivity contribution in [2.75, 3.05) is 24.5 Å². The number of aromatic nitrogens is 2. The molecule has 2 aromatic heterocycles. The number of hydrogen-bond donors (Lipinski definition) is 1. The van der Waals surface area contributed by atoms with E-state index in [1.165, 1.54) is 12.1 Å². The highest BCUT2D eigenvalue weighted by Crippen LogP contribution is 2.37. The predicted octanol–water partition coefficient (Wildman–Crippen LogP) is 3.94. The van der Waals surface area contributed by atoms with Gasteiger partial charge in [-0.25, -0.2) is 13.8 Å². The number of nitrogens with zero attached hydrogens (tertiary/aromatic N) is 4. The van der Waals surface area contributed by atoms with Gasteiger partial charge in [-0.3, -0.25) is 9.20 Å². The molecule has 32 heavy (non-hydrogen) atoms. The van der Waals surface area contributed by atoms with Crippen molar-refractivity contribution in [1.29, 1.82) is 0 Å². The molecule has 3 aromatic rings. The zero-order chi connectivity index (χ0) is 22.2. The quantitative estimate of drug-likeness (QED) is 0.670. The first-order valence-electron chi connectivity index (χ1n) is 11.2. The standard InChI is InChI=1S/C24H26F2N4O2/c25-16-5-7-20(26)19(13-16)21-4-2-11-29(21)17-6-8-23-27-14-22(30(23)15-17)24(32)28-10-1-3-18(31)9-12-28/h5-8,13-15,18,21,31H,1-4,9-12H2. The third-order valence-electron chi connectivity index (χ3n) is 6.60. The van der Waals surface area contributed by atoms with Crippen LogP contribution >= 0.6 is 0 Å². The monoisotopic (exact) mass is 440 g/mol. The van der Waals surface area contributed by atoms with Crippen molar-refractivity contribution in [2.24, 2.45) is 0 Å². The minimum atomic E-state index is -0.450. The lowest BCUT2D eigenvalue weighted by Gasteiger charge is -2.28. The fraction of sp³-hybridized carbons (Fsp3) is 0.417. The van der Waals surface area contributed by atoms with Gasteiger partial charge >= 0.3 is 0 Å². The summed E-state index contributed by atoms with van der Waals surface area (Å²) in [7, 11) is 0. The molecule has 0 spiro atoms. The second-order valence-corrected chi connectivity index (χ2v) is 8.65. The number of anilines is 1. The first kappa shape index (κ1) is 20.9. The van der Waals surface area contributed by atoms with Crippen LogP contribution in [0.3, 0.4) is 0 Å². The van der Waals surface area contributed by atoms with E-state index in [-0.39, 0.29) is 18.1 Å². The van der Waals surface area contributed by atoms with Gasteiger partial charge in [0, 0.05) is 31.4 Å². The minimum absolute atomic E-state index is 0.113. The number of rotatable bonds is 3. The molecule has 6 nitrogen and oxygen atoms in total. The fourth-order valence-electron chi connectivity index (χ4n) is 4.91. The van der Waals surface area contributed by atoms with Crippen molar-refractivity contribution in [3.8, 4) is 0 Å². The van der Waals surface area contributed by atoms with E-state index in [0.717, 1.165) is 31.0 Å². The molecule has 0 saturated carbocycles. The van der Waals surface area contributed by atoms with Gasteiger partial charge < -0.3 is 14.9 Å². The summed E-state index contributed by atoms with van der Waals surface area (Å²) in [5.41, 5.74) is 2.31. The van der Waals surface area contributed by atoms with Crippen molar-refractivity contribution >= 4 is 17.2 Å². The van der Waals surface area contributed by atoms with Crippen LogP contribution in [0.4, 0.5) is 14.5 Å². The zero-order valence-corrected chi connectivity index (χ0v) is 17.8. The molecule has 2 fully saturated rings. The van der Waals surface area contributed by atoms with Crippen molar-refractivity contribution in [2.45, 2.75) is 44.2 Å². The van der Waals surface area contributed by atoms with E-state index in [4.69, 9.17) is 0 Å². The van der Waals surface area contributed by atoms with E-state index in [2.05, 4.69) is 9.88 Å². The summed E-state index contributed by atoms with van der Waals surface area (Å²) in [6.45, 7) is 1.84. The van der Waals surface area contributed by atoms with Crippen molar-refractivity contribution in [3.63, 3.8) is 0 Å². The molecule has 2 unspecified atom stereocenters. The first-order valence-corrected chi connectivity index (χ1v) is 11.2. The number of halogens is 2. The molecular weight excluding hydrogens is 414 g/mol. The van der Waals surface area contributed by atoms with Gasteiger partial charge in [0.15, 0.2) is 0 Å². The minimum Gasteiger partial charge on any atom is -0.393 e. The number of aliphatic hydroxyl groups excluding tert-OH is 1. The number of hydrogen-bond acceptors (Lipinski definition) is 4. The van der Waals surface area contributed by atoms with E-state index < -0.39 is 11.6 Å². The summed E-state index contributed by atoms with van der Waals surface area (Å²) in [6, 6.07) is 7.07. The van der Waals surface area contributed by atoms with Gasteiger partial charge in [-0.05, 0) is 62.4 Å². The van der Waals surface area contributed by atoms with Crippen LogP contribution < -0.4 is 4.90 Å². The number of fused-ring (bicyclic) bond motifs is 1. The maximum atomic E-state index is 14.5. The molecule has 0 aliphatic carbocycles. The summed E-state index contributed by atoms with van der Waals surface area (Å²) in [5.74, 6) is -0.974. The van der Waals surface area contributed by atoms with Crippen LogP contribution in [0.15, 0.2) is 42.7 Å². The SMILES string of the molecule is O=C(c1cnc2ccc(N3CCCC3c3cc(F)ccc3F)cn12)N1CCCC(O)CC1. The van der Waals surface area contributed by atoms with Gasteiger partial charge in [0.2, 0.25) is 0 Å². The van der Waals surface area contributed by atoms with E-state index in [1.807, 2.05) is 18.3 Å². The van der Waals surface area contributed by atoms with Crippen LogP contribution in [0.5, 0.6) is 0 Å². The Bertz CT molecular complexity index is 1150. The molecule has 2 saturated heterocycles. The molecule has 2 atom stereocenters. The molecule has 1 aromatic carbocycles. The van der Waals surface area contributed by atoms with Crippen LogP contribution in [-0.4, -0.2) is 51.0 Å². The third kappa shape index (κ3) is 3.83. The highest BCUT2D eigenvalue weighted by molar-refractivity contribution is 5.93. The molecule has 2 aliphatic heterocycles. The number of carbonyl (C=O) groups excluding carboxylic acids is 1. The average molecular weight is 440 g/mol. The Morgan fingerprint density at radius 3 is 2.75 bits per heavy atom. The highest BCUT2D eigenvalue weighted by atomic mass is 19.1. The molecule has 1 N–H and O–H groups in total. The largest absolute Gasteiger partial charge is 0.393 e. The van der Waals surface area contributed by atoms with Gasteiger partial charge in [0.1, 0.15) is 23.0 Å². The maximum Gasteiger partial charge on any atom is 0.272 e. The van der Waals surface area contributed by atoms with Gasteiger partial charge in [0.05, 0.1) is 24.0 Å². The number of amides is 1. The fourth-order valence-corrected chi connectivity index (χ4v) is 4.91. The number of carbonyl (C=O) groups is 1. The number of pyridine rings is 1. The zero-order valence-electron chi connectivity index (χ0n) is 17.8. The third-order valence-corrected chi connectivity index (χ3v) is 6.60. The maximum absolute atomic E-state index is 14.5. The second kappa shape index (κ2) is 8.50. The van der Waals surface area contributed by atoms with Crippen molar-refractivity contribution in [1.82, 2.24) is 14.3 Å². The molecule has 0 bridgehead atoms. The Morgan fingerprint density at radius 1 is 1.03 bits per heavy atom. The van der Waals surface area contributed by atoms with Crippen LogP contribution in [0.1, 0.15) is 54.2 Å². The normalized spacial score (nSPS) is 21.8. The number of benzene rings is 1. The van der Waals surface area contributed by atoms with Crippen LogP contribution in [0, 0.1) is 11.6 Å². The van der Waals surface area contributed by atoms with Gasteiger partial charge in [-0.1, -0.05) is 0 Å². The summed E-state index contributed by atoms with van der Waals surface area (Å²) >= 11 is 0. The second-order valence-electron chi connectivity index (χ2n) is 8.65. The first-order chi connectivity index (χ1) is 15.5. The van der Waals surface area contributed by atoms with Crippen LogP contribution in [0.2, 0.25) is 0 Å². The predicted molar refractivity (Wildman–Crippen MR) is 117 cm³/mol. The summed E-state index contributed by atoms with van der Waals surface area (Å²) in [4.78, 5) is 21.4. The highest BCUT2D eigenvalue weighted by Gasteiger charge is 2.30. The average Bonchev–Trinajstić information content (AvgIpc) is 3.38. The molecule has 5 rings (SSSR count). The van der Waals surface area contributed by atoms with E-state index in [1.54, 1.807) is 15.5 Å². The lowest BCUT2D eigenvalue weighted by Crippen LogP contribution is -2.33. The lowest BCUT2D eigenvalue weighted by atomic mass is 10.0. The summed E-state index contributed by atoms with van der Waals surface area (Å²) in [5, 5.41) is 9.89. The van der Waals surface area contributed by atoms with Crippen molar-refractivity contribution in [3.05, 3.63) is 65.6 Å². The molecule has 1 amide bonds. The molecule has 2 aliphatic rings. The van der Waals surface area contributed by atoms with E-state index in [9.17, 15) is 18.7 Å². The Morgan fingerprint density at radius 2 is 1.88 bits per heavy atom. The lowest BCUT2D eigenvalue weighted by molar-refractivity contribution is 0.0746.